The van der Waals surface area contributed by atoms with Crippen molar-refractivity contribution in [2.45, 2.75) is 68.9 Å². The predicted molar refractivity (Wildman–Crippen MR) is 112 cm³/mol. The lowest BCUT2D eigenvalue weighted by Gasteiger charge is -2.41. The number of thiophene rings is 1. The lowest BCUT2D eigenvalue weighted by Crippen LogP contribution is -2.51. The van der Waals surface area contributed by atoms with Gasteiger partial charge in [-0.3, -0.25) is 4.90 Å². The maximum atomic E-state index is 12.9. The minimum Gasteiger partial charge on any atom is -0.444 e. The number of hydrogen-bond acceptors (Lipinski definition) is 6. The Morgan fingerprint density at radius 3 is 2.62 bits per heavy atom. The predicted octanol–water partition coefficient (Wildman–Crippen LogP) is 5.53. The molecule has 0 bridgehead atoms. The summed E-state index contributed by atoms with van der Waals surface area (Å²) >= 11 is 5.86. The Bertz CT molecular complexity index is 618. The second-order valence-corrected chi connectivity index (χ2v) is 12.2. The van der Waals surface area contributed by atoms with Gasteiger partial charge in [-0.15, -0.1) is 34.9 Å². The molecule has 1 aromatic heterocycles. The van der Waals surface area contributed by atoms with Gasteiger partial charge in [0, 0.05) is 4.88 Å². The highest BCUT2D eigenvalue weighted by atomic mass is 32.2. The first-order valence-electron chi connectivity index (χ1n) is 9.11. The first-order chi connectivity index (χ1) is 12.1. The highest BCUT2D eigenvalue weighted by molar-refractivity contribution is 8.18. The molecular formula is C19H29NO3S3. The van der Waals surface area contributed by atoms with Gasteiger partial charge < -0.3 is 9.47 Å². The number of thioether (sulfide) groups is 2. The normalized spacial score (nSPS) is 25.3. The second kappa shape index (κ2) is 7.57. The quantitative estimate of drug-likeness (QED) is 0.649. The average Bonchev–Trinajstić information content (AvgIpc) is 3.15. The largest absolute Gasteiger partial charge is 0.444 e. The Morgan fingerprint density at radius 2 is 2.04 bits per heavy atom. The summed E-state index contributed by atoms with van der Waals surface area (Å²) in [6.07, 6.45) is 1.84. The average molecular weight is 416 g/mol. The lowest BCUT2D eigenvalue weighted by atomic mass is 10.1. The van der Waals surface area contributed by atoms with Crippen molar-refractivity contribution in [1.29, 1.82) is 0 Å². The molecular weight excluding hydrogens is 386 g/mol. The van der Waals surface area contributed by atoms with E-state index in [4.69, 9.17) is 9.47 Å². The molecule has 0 unspecified atom stereocenters. The van der Waals surface area contributed by atoms with Gasteiger partial charge in [0.05, 0.1) is 16.7 Å². The van der Waals surface area contributed by atoms with Crippen LogP contribution in [0.1, 0.15) is 52.3 Å². The van der Waals surface area contributed by atoms with E-state index in [9.17, 15) is 4.79 Å². The molecule has 0 aliphatic carbocycles. The van der Waals surface area contributed by atoms with E-state index >= 15 is 0 Å². The van der Waals surface area contributed by atoms with Gasteiger partial charge in [-0.1, -0.05) is 6.07 Å². The molecule has 2 aliphatic heterocycles. The van der Waals surface area contributed by atoms with Gasteiger partial charge in [-0.2, -0.15) is 0 Å². The minimum absolute atomic E-state index is 0.00112. The molecule has 0 aromatic carbocycles. The molecule has 1 amide bonds. The van der Waals surface area contributed by atoms with Crippen molar-refractivity contribution in [2.24, 2.45) is 0 Å². The van der Waals surface area contributed by atoms with Crippen LogP contribution in [-0.4, -0.2) is 46.5 Å². The molecule has 0 N–H and O–H groups in total. The van der Waals surface area contributed by atoms with Crippen LogP contribution in [0.5, 0.6) is 0 Å². The van der Waals surface area contributed by atoms with Crippen molar-refractivity contribution in [2.75, 3.05) is 18.1 Å². The molecule has 2 aliphatic rings. The minimum atomic E-state index is -0.645. The van der Waals surface area contributed by atoms with Gasteiger partial charge in [0.2, 0.25) is 0 Å². The number of hydrogen-bond donors (Lipinski definition) is 0. The molecule has 3 rings (SSSR count). The number of nitrogens with zero attached hydrogens (tertiary/aromatic N) is 1. The maximum absolute atomic E-state index is 12.9. The summed E-state index contributed by atoms with van der Waals surface area (Å²) in [4.78, 5) is 16.1. The van der Waals surface area contributed by atoms with Crippen molar-refractivity contribution in [3.8, 4) is 0 Å². The Hall–Kier alpha value is -0.370. The number of carbonyl (C=O) groups is 1. The van der Waals surface area contributed by atoms with Crippen LogP contribution in [0.2, 0.25) is 0 Å². The molecule has 4 nitrogen and oxygen atoms in total. The van der Waals surface area contributed by atoms with Crippen LogP contribution in [0.3, 0.4) is 0 Å². The van der Waals surface area contributed by atoms with Crippen molar-refractivity contribution in [1.82, 2.24) is 4.90 Å². The van der Waals surface area contributed by atoms with Gasteiger partial charge in [0.1, 0.15) is 11.3 Å². The van der Waals surface area contributed by atoms with Crippen LogP contribution >= 0.6 is 34.9 Å². The Labute approximate surface area is 169 Å². The van der Waals surface area contributed by atoms with Gasteiger partial charge in [-0.25, -0.2) is 4.79 Å². The van der Waals surface area contributed by atoms with E-state index in [0.29, 0.717) is 6.61 Å². The number of rotatable bonds is 3. The standard InChI is InChI=1S/C19H29NO3S3/c1-17(2,3)23-16(21)20-14(13-22-18(20,4)5)12-19(15-8-6-9-24-15)25-10-7-11-26-19/h6,8-9,14H,7,10-13H2,1-5H3/t14-/m1/s1. The van der Waals surface area contributed by atoms with E-state index in [2.05, 4.69) is 17.5 Å². The monoisotopic (exact) mass is 415 g/mol. The zero-order valence-electron chi connectivity index (χ0n) is 16.2. The molecule has 1 aromatic rings. The zero-order chi connectivity index (χ0) is 19.0. The number of amides is 1. The fourth-order valence-corrected chi connectivity index (χ4v) is 8.11. The van der Waals surface area contributed by atoms with Crippen molar-refractivity contribution >= 4 is 41.0 Å². The summed E-state index contributed by atoms with van der Waals surface area (Å²) in [7, 11) is 0. The number of carbonyl (C=O) groups excluding carboxylic acids is 1. The topological polar surface area (TPSA) is 38.8 Å². The molecule has 7 heteroatoms. The van der Waals surface area contributed by atoms with E-state index in [1.165, 1.54) is 11.3 Å². The molecule has 0 saturated carbocycles. The van der Waals surface area contributed by atoms with Crippen LogP contribution in [0, 0.1) is 0 Å². The van der Waals surface area contributed by atoms with Crippen LogP contribution in [0.4, 0.5) is 4.79 Å². The molecule has 2 saturated heterocycles. The van der Waals surface area contributed by atoms with Gasteiger partial charge in [0.25, 0.3) is 0 Å². The summed E-state index contributed by atoms with van der Waals surface area (Å²) in [6, 6.07) is 4.37. The van der Waals surface area contributed by atoms with E-state index < -0.39 is 11.3 Å². The summed E-state index contributed by atoms with van der Waals surface area (Å²) < 4.78 is 11.7. The first-order valence-corrected chi connectivity index (χ1v) is 12.0. The molecule has 3 heterocycles. The van der Waals surface area contributed by atoms with E-state index in [-0.39, 0.29) is 16.2 Å². The highest BCUT2D eigenvalue weighted by Gasteiger charge is 2.50. The zero-order valence-corrected chi connectivity index (χ0v) is 18.7. The summed E-state index contributed by atoms with van der Waals surface area (Å²) in [6.45, 7) is 10.2. The summed E-state index contributed by atoms with van der Waals surface area (Å²) in [5.74, 6) is 2.32. The molecule has 26 heavy (non-hydrogen) atoms. The first kappa shape index (κ1) is 20.4. The Balaban J connectivity index is 1.85. The van der Waals surface area contributed by atoms with Crippen LogP contribution in [0.15, 0.2) is 17.5 Å². The lowest BCUT2D eigenvalue weighted by molar-refractivity contribution is -0.0627. The number of ether oxygens (including phenoxy) is 2. The maximum Gasteiger partial charge on any atom is 0.412 e. The van der Waals surface area contributed by atoms with Crippen molar-refractivity contribution in [3.63, 3.8) is 0 Å². The van der Waals surface area contributed by atoms with Crippen LogP contribution in [-0.2, 0) is 13.6 Å². The molecule has 0 spiro atoms. The Morgan fingerprint density at radius 1 is 1.35 bits per heavy atom. The summed E-state index contributed by atoms with van der Waals surface area (Å²) in [5.41, 5.74) is -1.16. The third kappa shape index (κ3) is 4.37. The Kier molecular flexibility index (Phi) is 5.93. The fraction of sp³-hybridized carbons (Fsp3) is 0.737. The second-order valence-electron chi connectivity index (χ2n) is 8.25. The smallest absolute Gasteiger partial charge is 0.412 e. The van der Waals surface area contributed by atoms with Gasteiger partial charge >= 0.3 is 6.09 Å². The molecule has 0 radical (unpaired) electrons. The molecule has 146 valence electrons. The third-order valence-corrected chi connectivity index (χ3v) is 9.21. The SMILES string of the molecule is CC(C)(C)OC(=O)N1[C@H](CC2(c3cccs3)SCCCS2)COC1(C)C. The van der Waals surface area contributed by atoms with E-state index in [0.717, 1.165) is 17.9 Å². The van der Waals surface area contributed by atoms with E-state index in [1.54, 1.807) is 0 Å². The molecule has 1 atom stereocenters. The van der Waals surface area contributed by atoms with Crippen molar-refractivity contribution in [3.05, 3.63) is 22.4 Å². The van der Waals surface area contributed by atoms with E-state index in [1.807, 2.05) is 74.4 Å². The highest BCUT2D eigenvalue weighted by Crippen LogP contribution is 2.55. The van der Waals surface area contributed by atoms with Gasteiger partial charge in [-0.05, 0) is 70.4 Å². The van der Waals surface area contributed by atoms with Crippen LogP contribution in [0.25, 0.3) is 0 Å². The van der Waals surface area contributed by atoms with Crippen LogP contribution < -0.4 is 0 Å². The third-order valence-electron chi connectivity index (χ3n) is 4.52. The fourth-order valence-electron chi connectivity index (χ4n) is 3.45. The molecule has 2 fully saturated rings. The van der Waals surface area contributed by atoms with Gasteiger partial charge in [0.15, 0.2) is 0 Å². The van der Waals surface area contributed by atoms with Crippen molar-refractivity contribution < 1.29 is 14.3 Å². The summed E-state index contributed by atoms with van der Waals surface area (Å²) in [5, 5.41) is 2.15.